The third-order valence-electron chi connectivity index (χ3n) is 5.01. The van der Waals surface area contributed by atoms with Gasteiger partial charge in [0.1, 0.15) is 5.75 Å². The van der Waals surface area contributed by atoms with Crippen molar-refractivity contribution in [2.45, 2.75) is 38.5 Å². The van der Waals surface area contributed by atoms with E-state index in [0.29, 0.717) is 11.4 Å². The molecule has 0 aromatic heterocycles. The number of esters is 1. The number of hydrogen-bond acceptors (Lipinski definition) is 3. The van der Waals surface area contributed by atoms with Crippen LogP contribution in [0.15, 0.2) is 18.2 Å². The van der Waals surface area contributed by atoms with Gasteiger partial charge in [0, 0.05) is 10.9 Å². The molecule has 0 radical (unpaired) electrons. The predicted molar refractivity (Wildman–Crippen MR) is 92.4 cm³/mol. The molecule has 1 fully saturated rings. The minimum absolute atomic E-state index is 0.149. The smallest absolute Gasteiger partial charge is 0.429 e. The Kier molecular flexibility index (Phi) is 6.90. The van der Waals surface area contributed by atoms with Crippen LogP contribution in [0.1, 0.15) is 31.1 Å². The Morgan fingerprint density at radius 3 is 2.10 bits per heavy atom. The van der Waals surface area contributed by atoms with Crippen LogP contribution >= 0.6 is 15.9 Å². The Labute approximate surface area is 179 Å². The van der Waals surface area contributed by atoms with Crippen molar-refractivity contribution in [2.75, 3.05) is 11.9 Å². The standard InChI is InChI=1S/C18H16BrF9O3/c1-15(2)10(6-19)12(15)14(29)31-13(18(26,27)28)8-3-4-9(17(23,24)25)11(5-8)30-7-16(20,21)22/h3-5,10,12-13H,6-7H2,1-2H3. The Balaban J connectivity index is 2.39. The first-order chi connectivity index (χ1) is 13.9. The molecule has 13 heteroatoms. The highest BCUT2D eigenvalue weighted by Gasteiger charge is 2.63. The molecule has 0 heterocycles. The second-order valence-corrected chi connectivity index (χ2v) is 8.22. The van der Waals surface area contributed by atoms with Crippen LogP contribution in [0.4, 0.5) is 39.5 Å². The van der Waals surface area contributed by atoms with Crippen LogP contribution in [0.25, 0.3) is 0 Å². The number of carbonyl (C=O) groups excluding carboxylic acids is 1. The summed E-state index contributed by atoms with van der Waals surface area (Å²) in [7, 11) is 0. The van der Waals surface area contributed by atoms with Crippen molar-refractivity contribution >= 4 is 21.9 Å². The number of ether oxygens (including phenoxy) is 2. The Morgan fingerprint density at radius 1 is 1.10 bits per heavy atom. The summed E-state index contributed by atoms with van der Waals surface area (Å²) < 4.78 is 126. The van der Waals surface area contributed by atoms with E-state index in [1.807, 2.05) is 0 Å². The van der Waals surface area contributed by atoms with Gasteiger partial charge < -0.3 is 9.47 Å². The van der Waals surface area contributed by atoms with Gasteiger partial charge in [-0.2, -0.15) is 39.5 Å². The lowest BCUT2D eigenvalue weighted by Crippen LogP contribution is -2.28. The minimum Gasteiger partial charge on any atom is -0.483 e. The second-order valence-electron chi connectivity index (χ2n) is 7.58. The summed E-state index contributed by atoms with van der Waals surface area (Å²) in [4.78, 5) is 12.3. The number of halogens is 10. The van der Waals surface area contributed by atoms with E-state index in [-0.39, 0.29) is 18.1 Å². The first-order valence-corrected chi connectivity index (χ1v) is 9.75. The molecule has 0 N–H and O–H groups in total. The van der Waals surface area contributed by atoms with Gasteiger partial charge in [0.15, 0.2) is 6.61 Å². The lowest BCUT2D eigenvalue weighted by Gasteiger charge is -2.23. The van der Waals surface area contributed by atoms with Crippen LogP contribution in [0.3, 0.4) is 0 Å². The zero-order chi connectivity index (χ0) is 24.0. The fourth-order valence-electron chi connectivity index (χ4n) is 3.23. The predicted octanol–water partition coefficient (Wildman–Crippen LogP) is 6.46. The lowest BCUT2D eigenvalue weighted by atomic mass is 10.0. The zero-order valence-corrected chi connectivity index (χ0v) is 17.5. The average molecular weight is 531 g/mol. The highest BCUT2D eigenvalue weighted by molar-refractivity contribution is 9.09. The molecule has 0 saturated heterocycles. The largest absolute Gasteiger partial charge is 0.483 e. The number of rotatable bonds is 6. The molecule has 1 aromatic rings. The summed E-state index contributed by atoms with van der Waals surface area (Å²) in [6, 6.07) is 0.685. The van der Waals surface area contributed by atoms with Crippen molar-refractivity contribution in [3.63, 3.8) is 0 Å². The van der Waals surface area contributed by atoms with Gasteiger partial charge in [-0.25, -0.2) is 0 Å². The molecule has 0 spiro atoms. The molecule has 3 unspecified atom stereocenters. The van der Waals surface area contributed by atoms with Gasteiger partial charge in [0.25, 0.3) is 0 Å². The van der Waals surface area contributed by atoms with Crippen molar-refractivity contribution < 1.29 is 53.8 Å². The van der Waals surface area contributed by atoms with Gasteiger partial charge >= 0.3 is 24.5 Å². The van der Waals surface area contributed by atoms with E-state index in [1.54, 1.807) is 13.8 Å². The van der Waals surface area contributed by atoms with E-state index in [0.717, 1.165) is 0 Å². The summed E-state index contributed by atoms with van der Waals surface area (Å²) >= 11 is 3.14. The fourth-order valence-corrected chi connectivity index (χ4v) is 4.44. The molecule has 3 atom stereocenters. The van der Waals surface area contributed by atoms with E-state index in [4.69, 9.17) is 0 Å². The van der Waals surface area contributed by atoms with Crippen molar-refractivity contribution in [3.05, 3.63) is 29.3 Å². The molecule has 1 saturated carbocycles. The Hall–Kier alpha value is -1.66. The van der Waals surface area contributed by atoms with E-state index in [9.17, 15) is 44.3 Å². The number of hydrogen-bond donors (Lipinski definition) is 0. The third kappa shape index (κ3) is 5.98. The van der Waals surface area contributed by atoms with Gasteiger partial charge in [-0.15, -0.1) is 0 Å². The molecule has 0 amide bonds. The molecule has 3 nitrogen and oxygen atoms in total. The summed E-state index contributed by atoms with van der Waals surface area (Å²) in [6.45, 7) is 1.11. The second kappa shape index (κ2) is 8.36. The van der Waals surface area contributed by atoms with E-state index in [1.165, 1.54) is 0 Å². The van der Waals surface area contributed by atoms with Crippen LogP contribution in [-0.4, -0.2) is 30.3 Å². The summed E-state index contributed by atoms with van der Waals surface area (Å²) in [5.41, 5.74) is -3.35. The van der Waals surface area contributed by atoms with Crippen LogP contribution < -0.4 is 4.74 Å². The molecular weight excluding hydrogens is 515 g/mol. The number of alkyl halides is 10. The van der Waals surface area contributed by atoms with Crippen molar-refractivity contribution in [1.82, 2.24) is 0 Å². The van der Waals surface area contributed by atoms with Gasteiger partial charge in [-0.05, 0) is 23.5 Å². The molecule has 0 aliphatic heterocycles. The van der Waals surface area contributed by atoms with Gasteiger partial charge in [0.05, 0.1) is 11.5 Å². The maximum absolute atomic E-state index is 13.5. The maximum atomic E-state index is 13.5. The number of carbonyl (C=O) groups is 1. The fraction of sp³-hybridized carbons (Fsp3) is 0.611. The quantitative estimate of drug-likeness (QED) is 0.240. The van der Waals surface area contributed by atoms with E-state index in [2.05, 4.69) is 25.4 Å². The van der Waals surface area contributed by atoms with Crippen LogP contribution in [-0.2, 0) is 15.7 Å². The first kappa shape index (κ1) is 25.6. The topological polar surface area (TPSA) is 35.5 Å². The Bertz CT molecular complexity index is 815. The molecule has 176 valence electrons. The maximum Gasteiger partial charge on any atom is 0.429 e. The van der Waals surface area contributed by atoms with Crippen molar-refractivity contribution in [2.24, 2.45) is 17.3 Å². The normalized spacial score (nSPS) is 22.1. The third-order valence-corrected chi connectivity index (χ3v) is 5.70. The van der Waals surface area contributed by atoms with Gasteiger partial charge in [-0.3, -0.25) is 4.79 Å². The van der Waals surface area contributed by atoms with Crippen molar-refractivity contribution in [1.29, 1.82) is 0 Å². The Morgan fingerprint density at radius 2 is 1.68 bits per heavy atom. The van der Waals surface area contributed by atoms with Crippen LogP contribution in [0, 0.1) is 17.3 Å². The minimum atomic E-state index is -5.24. The van der Waals surface area contributed by atoms with Gasteiger partial charge in [0.2, 0.25) is 6.10 Å². The highest BCUT2D eigenvalue weighted by Crippen LogP contribution is 2.60. The van der Waals surface area contributed by atoms with E-state index < -0.39 is 65.4 Å². The van der Waals surface area contributed by atoms with Crippen molar-refractivity contribution in [3.8, 4) is 5.75 Å². The zero-order valence-electron chi connectivity index (χ0n) is 15.9. The first-order valence-electron chi connectivity index (χ1n) is 8.63. The molecule has 1 aromatic carbocycles. The summed E-state index contributed by atoms with van der Waals surface area (Å²) in [5.74, 6) is -3.87. The molecule has 0 bridgehead atoms. The molecule has 1 aliphatic carbocycles. The average Bonchev–Trinajstić information content (AvgIpc) is 3.16. The van der Waals surface area contributed by atoms with E-state index >= 15 is 0 Å². The molecule has 1 aliphatic rings. The molecule has 31 heavy (non-hydrogen) atoms. The molecular formula is C18H16BrF9O3. The van der Waals surface area contributed by atoms with Crippen LogP contribution in [0.5, 0.6) is 5.75 Å². The monoisotopic (exact) mass is 530 g/mol. The lowest BCUT2D eigenvalue weighted by molar-refractivity contribution is -0.225. The number of benzene rings is 1. The summed E-state index contributed by atoms with van der Waals surface area (Å²) in [6.07, 6.45) is -18.4. The molecule has 2 rings (SSSR count). The highest BCUT2D eigenvalue weighted by atomic mass is 79.9. The summed E-state index contributed by atoms with van der Waals surface area (Å²) in [5, 5.41) is 0.312. The van der Waals surface area contributed by atoms with Crippen LogP contribution in [0.2, 0.25) is 0 Å². The van der Waals surface area contributed by atoms with Gasteiger partial charge in [-0.1, -0.05) is 35.8 Å². The SMILES string of the molecule is CC1(C)C(CBr)C1C(=O)OC(c1ccc(C(F)(F)F)c(OCC(F)(F)F)c1)C(F)(F)F.